The molecule has 2 rings (SSSR count). The van der Waals surface area contributed by atoms with Gasteiger partial charge in [0.15, 0.2) is 5.96 Å². The van der Waals surface area contributed by atoms with Crippen molar-refractivity contribution in [3.05, 3.63) is 36.0 Å². The molecule has 20 heavy (non-hydrogen) atoms. The third-order valence-electron chi connectivity index (χ3n) is 2.88. The smallest absolute Gasteiger partial charge is 0.276 e. The number of para-hydroxylation sites is 1. The van der Waals surface area contributed by atoms with E-state index in [0.29, 0.717) is 25.2 Å². The highest BCUT2D eigenvalue weighted by Gasteiger charge is 2.19. The molecule has 0 aliphatic carbocycles. The van der Waals surface area contributed by atoms with Crippen molar-refractivity contribution in [3.63, 3.8) is 0 Å². The number of hydrogen-bond donors (Lipinski definition) is 4. The third kappa shape index (κ3) is 3.28. The van der Waals surface area contributed by atoms with Gasteiger partial charge in [0.2, 0.25) is 0 Å². The number of carbonyl (C=O) groups excluding carboxylic acids is 1. The predicted molar refractivity (Wildman–Crippen MR) is 82.2 cm³/mol. The van der Waals surface area contributed by atoms with Crippen LogP contribution in [0.15, 0.2) is 30.3 Å². The van der Waals surface area contributed by atoms with E-state index >= 15 is 0 Å². The van der Waals surface area contributed by atoms with E-state index in [-0.39, 0.29) is 24.3 Å². The summed E-state index contributed by atoms with van der Waals surface area (Å²) in [6.07, 6.45) is 0.603. The SMILES string of the molecule is Cl.N=C(N)N(CCCN)C(=O)c1cc2ccccc2[nH]1. The van der Waals surface area contributed by atoms with Gasteiger partial charge in [-0.3, -0.25) is 15.1 Å². The van der Waals surface area contributed by atoms with Crippen molar-refractivity contribution in [1.82, 2.24) is 9.88 Å². The van der Waals surface area contributed by atoms with Crippen LogP contribution in [0.2, 0.25) is 0 Å². The van der Waals surface area contributed by atoms with Gasteiger partial charge in [-0.05, 0) is 25.1 Å². The van der Waals surface area contributed by atoms with E-state index in [1.165, 1.54) is 4.90 Å². The Morgan fingerprint density at radius 2 is 2.05 bits per heavy atom. The molecule has 1 heterocycles. The van der Waals surface area contributed by atoms with Crippen molar-refractivity contribution in [3.8, 4) is 0 Å². The quantitative estimate of drug-likeness (QED) is 0.503. The topological polar surface area (TPSA) is 112 Å². The molecular formula is C13H18ClN5O. The molecule has 2 aromatic rings. The monoisotopic (exact) mass is 295 g/mol. The minimum Gasteiger partial charge on any atom is -0.370 e. The van der Waals surface area contributed by atoms with E-state index in [4.69, 9.17) is 16.9 Å². The van der Waals surface area contributed by atoms with Crippen LogP contribution in [0.5, 0.6) is 0 Å². The van der Waals surface area contributed by atoms with Crippen LogP contribution in [0.3, 0.4) is 0 Å². The Morgan fingerprint density at radius 1 is 1.35 bits per heavy atom. The lowest BCUT2D eigenvalue weighted by Gasteiger charge is -2.19. The minimum absolute atomic E-state index is 0. The number of aromatic nitrogens is 1. The summed E-state index contributed by atoms with van der Waals surface area (Å²) in [7, 11) is 0. The fourth-order valence-corrected chi connectivity index (χ4v) is 1.91. The highest BCUT2D eigenvalue weighted by atomic mass is 35.5. The Labute approximate surface area is 123 Å². The number of nitrogens with zero attached hydrogens (tertiary/aromatic N) is 1. The van der Waals surface area contributed by atoms with Crippen LogP contribution in [0, 0.1) is 5.41 Å². The molecule has 0 aliphatic heterocycles. The summed E-state index contributed by atoms with van der Waals surface area (Å²) in [5, 5.41) is 8.42. The van der Waals surface area contributed by atoms with Gasteiger partial charge in [0.25, 0.3) is 5.91 Å². The van der Waals surface area contributed by atoms with Crippen molar-refractivity contribution in [1.29, 1.82) is 5.41 Å². The second-order valence-corrected chi connectivity index (χ2v) is 4.25. The molecule has 6 nitrogen and oxygen atoms in total. The van der Waals surface area contributed by atoms with Crippen LogP contribution in [0.25, 0.3) is 10.9 Å². The fourth-order valence-electron chi connectivity index (χ4n) is 1.91. The number of nitrogens with one attached hydrogen (secondary N) is 2. The molecular weight excluding hydrogens is 278 g/mol. The first kappa shape index (κ1) is 16.0. The highest BCUT2D eigenvalue weighted by molar-refractivity contribution is 6.05. The number of halogens is 1. The summed E-state index contributed by atoms with van der Waals surface area (Å²) < 4.78 is 0. The van der Waals surface area contributed by atoms with Crippen molar-refractivity contribution >= 4 is 35.2 Å². The summed E-state index contributed by atoms with van der Waals surface area (Å²) in [6, 6.07) is 9.37. The number of carbonyl (C=O) groups is 1. The molecule has 0 radical (unpaired) electrons. The van der Waals surface area contributed by atoms with Crippen LogP contribution in [-0.2, 0) is 0 Å². The van der Waals surface area contributed by atoms with Crippen molar-refractivity contribution in [2.45, 2.75) is 6.42 Å². The maximum Gasteiger partial charge on any atom is 0.276 e. The molecule has 0 saturated heterocycles. The van der Waals surface area contributed by atoms with E-state index in [1.807, 2.05) is 24.3 Å². The standard InChI is InChI=1S/C13H17N5O.ClH/c14-6-3-7-18(13(15)16)12(19)11-8-9-4-1-2-5-10(9)17-11;/h1-2,4-5,8,17H,3,6-7,14H2,(H3,15,16);1H. The van der Waals surface area contributed by atoms with Gasteiger partial charge >= 0.3 is 0 Å². The Kier molecular flexibility index (Phi) is 5.54. The maximum absolute atomic E-state index is 12.3. The molecule has 0 atom stereocenters. The predicted octanol–water partition coefficient (Wildman–Crippen LogP) is 1.27. The molecule has 0 bridgehead atoms. The Bertz CT molecular complexity index is 577. The van der Waals surface area contributed by atoms with Crippen molar-refractivity contribution in [2.75, 3.05) is 13.1 Å². The van der Waals surface area contributed by atoms with Crippen LogP contribution in [0.4, 0.5) is 0 Å². The van der Waals surface area contributed by atoms with Crippen molar-refractivity contribution in [2.24, 2.45) is 11.5 Å². The van der Waals surface area contributed by atoms with Gasteiger partial charge in [-0.25, -0.2) is 0 Å². The fraction of sp³-hybridized carbons (Fsp3) is 0.231. The number of fused-ring (bicyclic) bond motifs is 1. The summed E-state index contributed by atoms with van der Waals surface area (Å²) in [6.45, 7) is 0.795. The van der Waals surface area contributed by atoms with Gasteiger partial charge in [0.1, 0.15) is 5.69 Å². The van der Waals surface area contributed by atoms with Gasteiger partial charge in [-0.15, -0.1) is 12.4 Å². The third-order valence-corrected chi connectivity index (χ3v) is 2.88. The number of amides is 1. The summed E-state index contributed by atoms with van der Waals surface area (Å²) >= 11 is 0. The van der Waals surface area contributed by atoms with E-state index in [0.717, 1.165) is 10.9 Å². The molecule has 108 valence electrons. The molecule has 7 heteroatoms. The zero-order chi connectivity index (χ0) is 13.8. The van der Waals surface area contributed by atoms with Gasteiger partial charge in [0, 0.05) is 17.4 Å². The van der Waals surface area contributed by atoms with Gasteiger partial charge in [-0.2, -0.15) is 0 Å². The normalized spacial score (nSPS) is 10.1. The number of benzene rings is 1. The van der Waals surface area contributed by atoms with E-state index in [9.17, 15) is 4.79 Å². The van der Waals surface area contributed by atoms with E-state index < -0.39 is 0 Å². The van der Waals surface area contributed by atoms with Crippen LogP contribution < -0.4 is 11.5 Å². The number of guanidine groups is 1. The number of aromatic amines is 1. The zero-order valence-electron chi connectivity index (χ0n) is 10.9. The molecule has 0 fully saturated rings. The largest absolute Gasteiger partial charge is 0.370 e. The second kappa shape index (κ2) is 6.93. The zero-order valence-corrected chi connectivity index (χ0v) is 11.7. The number of nitrogens with two attached hydrogens (primary N) is 2. The molecule has 1 aromatic heterocycles. The van der Waals surface area contributed by atoms with Gasteiger partial charge in [0.05, 0.1) is 0 Å². The first-order valence-electron chi connectivity index (χ1n) is 6.07. The minimum atomic E-state index is -0.308. The first-order valence-corrected chi connectivity index (χ1v) is 6.07. The van der Waals surface area contributed by atoms with Gasteiger partial charge < -0.3 is 16.5 Å². The number of rotatable bonds is 4. The van der Waals surface area contributed by atoms with E-state index in [1.54, 1.807) is 6.07 Å². The lowest BCUT2D eigenvalue weighted by molar-refractivity contribution is 0.0839. The van der Waals surface area contributed by atoms with Crippen LogP contribution >= 0.6 is 12.4 Å². The maximum atomic E-state index is 12.3. The molecule has 0 saturated carbocycles. The average Bonchev–Trinajstić information content (AvgIpc) is 2.82. The van der Waals surface area contributed by atoms with Crippen LogP contribution in [-0.4, -0.2) is 34.8 Å². The lowest BCUT2D eigenvalue weighted by atomic mass is 10.2. The molecule has 0 aliphatic rings. The summed E-state index contributed by atoms with van der Waals surface area (Å²) in [5.74, 6) is -0.575. The van der Waals surface area contributed by atoms with Crippen molar-refractivity contribution < 1.29 is 4.79 Å². The van der Waals surface area contributed by atoms with Crippen LogP contribution in [0.1, 0.15) is 16.9 Å². The Morgan fingerprint density at radius 3 is 2.65 bits per heavy atom. The van der Waals surface area contributed by atoms with E-state index in [2.05, 4.69) is 4.98 Å². The molecule has 1 amide bonds. The summed E-state index contributed by atoms with van der Waals surface area (Å²) in [5.41, 5.74) is 12.2. The molecule has 0 spiro atoms. The highest BCUT2D eigenvalue weighted by Crippen LogP contribution is 2.16. The molecule has 0 unspecified atom stereocenters. The molecule has 1 aromatic carbocycles. The number of H-pyrrole nitrogens is 1. The second-order valence-electron chi connectivity index (χ2n) is 4.25. The lowest BCUT2D eigenvalue weighted by Crippen LogP contribution is -2.42. The first-order chi connectivity index (χ1) is 9.13. The summed E-state index contributed by atoms with van der Waals surface area (Å²) in [4.78, 5) is 16.5. The Hall–Kier alpha value is -2.05. The van der Waals surface area contributed by atoms with Gasteiger partial charge in [-0.1, -0.05) is 18.2 Å². The molecule has 6 N–H and O–H groups in total. The number of hydrogen-bond acceptors (Lipinski definition) is 3. The average molecular weight is 296 g/mol. The Balaban J connectivity index is 0.00000200.